The van der Waals surface area contributed by atoms with Crippen LogP contribution in [0.15, 0.2) is 53.6 Å². The molecule has 0 N–H and O–H groups in total. The lowest BCUT2D eigenvalue weighted by molar-refractivity contribution is 0.626. The molecular formula is C22H19FN4O. The minimum atomic E-state index is -0.267. The summed E-state index contributed by atoms with van der Waals surface area (Å²) in [6.45, 7) is 2.35. The van der Waals surface area contributed by atoms with Crippen LogP contribution in [-0.2, 0) is 19.4 Å². The predicted octanol–water partition coefficient (Wildman–Crippen LogP) is 3.57. The van der Waals surface area contributed by atoms with Crippen molar-refractivity contribution in [2.45, 2.75) is 32.7 Å². The Morgan fingerprint density at radius 3 is 2.75 bits per heavy atom. The highest BCUT2D eigenvalue weighted by molar-refractivity contribution is 5.77. The van der Waals surface area contributed by atoms with Crippen molar-refractivity contribution < 1.29 is 4.39 Å². The van der Waals surface area contributed by atoms with E-state index >= 15 is 0 Å². The van der Waals surface area contributed by atoms with E-state index in [0.717, 1.165) is 41.9 Å². The molecule has 0 saturated heterocycles. The lowest BCUT2D eigenvalue weighted by Gasteiger charge is -2.07. The van der Waals surface area contributed by atoms with Gasteiger partial charge in [-0.05, 0) is 68.1 Å². The van der Waals surface area contributed by atoms with E-state index in [0.29, 0.717) is 17.4 Å². The number of nitrogens with zero attached hydrogens (tertiary/aromatic N) is 4. The molecule has 140 valence electrons. The summed E-state index contributed by atoms with van der Waals surface area (Å²) in [7, 11) is 0. The first-order valence-electron chi connectivity index (χ1n) is 9.41. The van der Waals surface area contributed by atoms with Gasteiger partial charge >= 0.3 is 0 Å². The minimum absolute atomic E-state index is 0.0585. The van der Waals surface area contributed by atoms with Crippen molar-refractivity contribution in [2.24, 2.45) is 0 Å². The number of rotatable bonds is 3. The van der Waals surface area contributed by atoms with Gasteiger partial charge in [0.15, 0.2) is 0 Å². The van der Waals surface area contributed by atoms with Gasteiger partial charge in [0.25, 0.3) is 5.56 Å². The molecule has 0 radical (unpaired) electrons. The maximum atomic E-state index is 13.3. The number of halogens is 1. The zero-order valence-electron chi connectivity index (χ0n) is 15.5. The normalized spacial score (nSPS) is 13.2. The molecule has 2 aromatic heterocycles. The molecule has 5 rings (SSSR count). The molecule has 0 atom stereocenters. The number of fused-ring (bicyclic) bond motifs is 2. The summed E-state index contributed by atoms with van der Waals surface area (Å²) in [5.41, 5.74) is 5.74. The Hall–Kier alpha value is -3.28. The second kappa shape index (κ2) is 6.41. The molecule has 28 heavy (non-hydrogen) atoms. The Morgan fingerprint density at radius 1 is 1.11 bits per heavy atom. The Bertz CT molecular complexity index is 1250. The highest BCUT2D eigenvalue weighted by atomic mass is 19.1. The summed E-state index contributed by atoms with van der Waals surface area (Å²) in [6, 6.07) is 12.1. The van der Waals surface area contributed by atoms with Gasteiger partial charge in [-0.25, -0.2) is 14.1 Å². The van der Waals surface area contributed by atoms with Gasteiger partial charge in [-0.15, -0.1) is 0 Å². The van der Waals surface area contributed by atoms with Crippen molar-refractivity contribution in [3.05, 3.63) is 87.5 Å². The fourth-order valence-corrected chi connectivity index (χ4v) is 3.98. The van der Waals surface area contributed by atoms with E-state index in [4.69, 9.17) is 5.10 Å². The first-order valence-corrected chi connectivity index (χ1v) is 9.41. The molecule has 4 aromatic rings. The molecular weight excluding hydrogens is 355 g/mol. The molecule has 6 heteroatoms. The van der Waals surface area contributed by atoms with Crippen molar-refractivity contribution in [1.82, 2.24) is 19.3 Å². The van der Waals surface area contributed by atoms with Gasteiger partial charge in [-0.3, -0.25) is 9.36 Å². The lowest BCUT2D eigenvalue weighted by atomic mass is 10.1. The lowest BCUT2D eigenvalue weighted by Crippen LogP contribution is -2.22. The van der Waals surface area contributed by atoms with Crippen LogP contribution in [0.2, 0.25) is 0 Å². The molecule has 2 heterocycles. The summed E-state index contributed by atoms with van der Waals surface area (Å²) in [4.78, 5) is 17.4. The minimum Gasteiger partial charge on any atom is -0.293 e. The van der Waals surface area contributed by atoms with E-state index in [1.807, 2.05) is 29.8 Å². The standard InChI is InChI=1S/C22H19FN4O/c1-14-5-10-19-18(11-14)22(28)26(13-24-19)12-20-17-3-2-4-21(17)27(25-20)16-8-6-15(23)7-9-16/h5-11,13H,2-4,12H2,1H3. The number of hydrogen-bond donors (Lipinski definition) is 0. The maximum absolute atomic E-state index is 13.3. The molecule has 5 nitrogen and oxygen atoms in total. The summed E-state index contributed by atoms with van der Waals surface area (Å²) >= 11 is 0. The van der Waals surface area contributed by atoms with E-state index in [1.165, 1.54) is 17.7 Å². The van der Waals surface area contributed by atoms with Gasteiger partial charge in [-0.2, -0.15) is 5.10 Å². The molecule has 0 bridgehead atoms. The SMILES string of the molecule is Cc1ccc2ncn(Cc3nn(-c4ccc(F)cc4)c4c3CCC4)c(=O)c2c1. The van der Waals surface area contributed by atoms with Crippen LogP contribution in [-0.4, -0.2) is 19.3 Å². The average Bonchev–Trinajstić information content (AvgIpc) is 3.29. The van der Waals surface area contributed by atoms with Crippen LogP contribution in [0.3, 0.4) is 0 Å². The highest BCUT2D eigenvalue weighted by Gasteiger charge is 2.23. The van der Waals surface area contributed by atoms with Crippen LogP contribution in [0.1, 0.15) is 28.9 Å². The van der Waals surface area contributed by atoms with Crippen LogP contribution in [0.5, 0.6) is 0 Å². The monoisotopic (exact) mass is 374 g/mol. The van der Waals surface area contributed by atoms with Gasteiger partial charge in [0.05, 0.1) is 35.2 Å². The first-order chi connectivity index (χ1) is 13.6. The number of aryl methyl sites for hydroxylation is 1. The largest absolute Gasteiger partial charge is 0.293 e. The number of benzene rings is 2. The first kappa shape index (κ1) is 16.9. The van der Waals surface area contributed by atoms with E-state index in [-0.39, 0.29) is 11.4 Å². The maximum Gasteiger partial charge on any atom is 0.261 e. The number of hydrogen-bond acceptors (Lipinski definition) is 3. The number of aromatic nitrogens is 4. The average molecular weight is 374 g/mol. The third-order valence-corrected chi connectivity index (χ3v) is 5.38. The topological polar surface area (TPSA) is 52.7 Å². The van der Waals surface area contributed by atoms with Crippen LogP contribution < -0.4 is 5.56 Å². The Kier molecular flexibility index (Phi) is 3.86. The van der Waals surface area contributed by atoms with Crippen molar-refractivity contribution in [3.8, 4) is 5.69 Å². The van der Waals surface area contributed by atoms with E-state index in [1.54, 1.807) is 23.0 Å². The van der Waals surface area contributed by atoms with Gasteiger partial charge in [0.1, 0.15) is 5.82 Å². The zero-order chi connectivity index (χ0) is 19.3. The smallest absolute Gasteiger partial charge is 0.261 e. The summed E-state index contributed by atoms with van der Waals surface area (Å²) in [6.07, 6.45) is 4.54. The molecule has 1 aliphatic carbocycles. The molecule has 2 aromatic carbocycles. The molecule has 0 amide bonds. The Balaban J connectivity index is 1.59. The van der Waals surface area contributed by atoms with Gasteiger partial charge in [0, 0.05) is 5.69 Å². The van der Waals surface area contributed by atoms with Crippen LogP contribution in [0, 0.1) is 12.7 Å². The van der Waals surface area contributed by atoms with Gasteiger partial charge < -0.3 is 0 Å². The highest BCUT2D eigenvalue weighted by Crippen LogP contribution is 2.28. The Morgan fingerprint density at radius 2 is 1.93 bits per heavy atom. The van der Waals surface area contributed by atoms with Crippen molar-refractivity contribution in [3.63, 3.8) is 0 Å². The van der Waals surface area contributed by atoms with Gasteiger partial charge in [0.2, 0.25) is 0 Å². The van der Waals surface area contributed by atoms with Crippen LogP contribution in [0.4, 0.5) is 4.39 Å². The molecule has 0 aliphatic heterocycles. The molecule has 0 unspecified atom stereocenters. The van der Waals surface area contributed by atoms with E-state index in [9.17, 15) is 9.18 Å². The second-order valence-corrected chi connectivity index (χ2v) is 7.31. The predicted molar refractivity (Wildman–Crippen MR) is 105 cm³/mol. The second-order valence-electron chi connectivity index (χ2n) is 7.31. The fourth-order valence-electron chi connectivity index (χ4n) is 3.98. The van der Waals surface area contributed by atoms with Crippen LogP contribution in [0.25, 0.3) is 16.6 Å². The summed E-state index contributed by atoms with van der Waals surface area (Å²) in [5, 5.41) is 5.39. The summed E-state index contributed by atoms with van der Waals surface area (Å²) < 4.78 is 16.8. The van der Waals surface area contributed by atoms with E-state index < -0.39 is 0 Å². The Labute approximate surface area is 161 Å². The molecule has 0 spiro atoms. The van der Waals surface area contributed by atoms with Crippen molar-refractivity contribution in [1.29, 1.82) is 0 Å². The quantitative estimate of drug-likeness (QED) is 0.551. The molecule has 1 aliphatic rings. The zero-order valence-corrected chi connectivity index (χ0v) is 15.5. The third-order valence-electron chi connectivity index (χ3n) is 5.38. The van der Waals surface area contributed by atoms with Crippen molar-refractivity contribution >= 4 is 10.9 Å². The molecule has 0 fully saturated rings. The summed E-state index contributed by atoms with van der Waals surface area (Å²) in [5.74, 6) is -0.267. The third kappa shape index (κ3) is 2.72. The van der Waals surface area contributed by atoms with Gasteiger partial charge in [-0.1, -0.05) is 11.6 Å². The fraction of sp³-hybridized carbons (Fsp3) is 0.227. The van der Waals surface area contributed by atoms with E-state index in [2.05, 4.69) is 4.98 Å². The van der Waals surface area contributed by atoms with Crippen molar-refractivity contribution in [2.75, 3.05) is 0 Å². The van der Waals surface area contributed by atoms with Crippen LogP contribution >= 0.6 is 0 Å². The molecule has 0 saturated carbocycles.